The van der Waals surface area contributed by atoms with Crippen molar-refractivity contribution < 1.29 is 9.53 Å². The van der Waals surface area contributed by atoms with Crippen LogP contribution in [0, 0.1) is 0 Å². The molecule has 5 heteroatoms. The fraction of sp³-hybridized carbons (Fsp3) is 0.391. The monoisotopic (exact) mass is 396 g/mol. The number of anilines is 1. The maximum absolute atomic E-state index is 12.2. The summed E-state index contributed by atoms with van der Waals surface area (Å²) in [5.74, 6) is 0.995. The number of amides is 1. The van der Waals surface area contributed by atoms with Gasteiger partial charge in [0.1, 0.15) is 5.75 Å². The van der Waals surface area contributed by atoms with Gasteiger partial charge in [0.25, 0.3) is 5.91 Å². The van der Waals surface area contributed by atoms with Gasteiger partial charge in [0.2, 0.25) is 0 Å². The minimum atomic E-state index is -0.207. The van der Waals surface area contributed by atoms with Crippen molar-refractivity contribution in [3.63, 3.8) is 0 Å². The lowest BCUT2D eigenvalue weighted by atomic mass is 9.87. The molecule has 1 aromatic heterocycles. The molecule has 148 valence electrons. The summed E-state index contributed by atoms with van der Waals surface area (Å²) in [6.07, 6.45) is 1.10. The van der Waals surface area contributed by atoms with Crippen molar-refractivity contribution >= 4 is 32.6 Å². The molecule has 0 fully saturated rings. The molecule has 1 unspecified atom stereocenters. The number of benzene rings is 2. The smallest absolute Gasteiger partial charge is 0.264 e. The fourth-order valence-corrected chi connectivity index (χ4v) is 3.82. The zero-order chi connectivity index (χ0) is 20.3. The van der Waals surface area contributed by atoms with Gasteiger partial charge in [-0.2, -0.15) is 0 Å². The van der Waals surface area contributed by atoms with Gasteiger partial charge in [-0.1, -0.05) is 64.2 Å². The molecule has 4 nitrogen and oxygen atoms in total. The molecular formula is C23H28N2O2S. The second-order valence-electron chi connectivity index (χ2n) is 8.17. The Morgan fingerprint density at radius 1 is 1.18 bits per heavy atom. The number of aromatic nitrogens is 1. The van der Waals surface area contributed by atoms with Gasteiger partial charge in [0.15, 0.2) is 11.7 Å². The molecular weight excluding hydrogens is 368 g/mol. The van der Waals surface area contributed by atoms with E-state index in [4.69, 9.17) is 4.74 Å². The fourth-order valence-electron chi connectivity index (χ4n) is 2.89. The van der Waals surface area contributed by atoms with Crippen molar-refractivity contribution in [2.75, 3.05) is 11.9 Å². The molecule has 0 aliphatic carbocycles. The molecule has 3 rings (SSSR count). The lowest BCUT2D eigenvalue weighted by Gasteiger charge is -2.19. The minimum absolute atomic E-state index is 0.0388. The molecule has 2 aromatic carbocycles. The molecule has 0 saturated carbocycles. The lowest BCUT2D eigenvalue weighted by molar-refractivity contribution is -0.118. The van der Waals surface area contributed by atoms with Crippen molar-refractivity contribution in [1.82, 2.24) is 4.98 Å². The zero-order valence-corrected chi connectivity index (χ0v) is 18.0. The number of fused-ring (bicyclic) bond motifs is 1. The number of nitrogens with one attached hydrogen (secondary N) is 1. The van der Waals surface area contributed by atoms with E-state index in [0.717, 1.165) is 16.6 Å². The molecule has 0 radical (unpaired) electrons. The van der Waals surface area contributed by atoms with E-state index in [1.54, 1.807) is 0 Å². The van der Waals surface area contributed by atoms with Crippen LogP contribution in [0.5, 0.6) is 5.75 Å². The number of thiazole rings is 1. The first-order valence-electron chi connectivity index (χ1n) is 9.70. The molecule has 0 spiro atoms. The number of ether oxygens (including phenoxy) is 1. The average Bonchev–Trinajstić information content (AvgIpc) is 3.06. The topological polar surface area (TPSA) is 51.2 Å². The number of carbonyl (C=O) groups excluding carboxylic acids is 1. The molecule has 1 amide bonds. The third kappa shape index (κ3) is 4.90. The zero-order valence-electron chi connectivity index (χ0n) is 17.2. The van der Waals surface area contributed by atoms with Crippen LogP contribution in [0.4, 0.5) is 5.13 Å². The van der Waals surface area contributed by atoms with Crippen LogP contribution in [0.3, 0.4) is 0 Å². The summed E-state index contributed by atoms with van der Waals surface area (Å²) in [6, 6.07) is 14.2. The van der Waals surface area contributed by atoms with E-state index >= 15 is 0 Å². The third-order valence-electron chi connectivity index (χ3n) is 4.93. The summed E-state index contributed by atoms with van der Waals surface area (Å²) in [5.41, 5.74) is 3.54. The first kappa shape index (κ1) is 20.3. The molecule has 28 heavy (non-hydrogen) atoms. The first-order chi connectivity index (χ1) is 13.3. The number of hydrogen-bond acceptors (Lipinski definition) is 4. The van der Waals surface area contributed by atoms with Crippen molar-refractivity contribution in [2.45, 2.75) is 52.4 Å². The van der Waals surface area contributed by atoms with Crippen LogP contribution in [0.25, 0.3) is 10.2 Å². The van der Waals surface area contributed by atoms with Gasteiger partial charge in [-0.05, 0) is 53.1 Å². The Labute approximate surface area is 171 Å². The first-order valence-corrected chi connectivity index (χ1v) is 10.5. The van der Waals surface area contributed by atoms with Crippen LogP contribution >= 0.6 is 11.3 Å². The number of nitrogens with zero attached hydrogens (tertiary/aromatic N) is 1. The molecule has 0 bridgehead atoms. The molecule has 1 heterocycles. The Morgan fingerprint density at radius 2 is 1.89 bits per heavy atom. The second kappa shape index (κ2) is 8.31. The van der Waals surface area contributed by atoms with Gasteiger partial charge in [-0.3, -0.25) is 10.1 Å². The minimum Gasteiger partial charge on any atom is -0.484 e. The van der Waals surface area contributed by atoms with E-state index in [1.807, 2.05) is 30.3 Å². The Morgan fingerprint density at radius 3 is 2.54 bits per heavy atom. The highest BCUT2D eigenvalue weighted by Crippen LogP contribution is 2.30. The Kier molecular flexibility index (Phi) is 6.04. The molecule has 3 aromatic rings. The van der Waals surface area contributed by atoms with Gasteiger partial charge in [0.05, 0.1) is 10.2 Å². The lowest BCUT2D eigenvalue weighted by Crippen LogP contribution is -2.20. The predicted molar refractivity (Wildman–Crippen MR) is 118 cm³/mol. The maximum atomic E-state index is 12.2. The van der Waals surface area contributed by atoms with Gasteiger partial charge >= 0.3 is 0 Å². The summed E-state index contributed by atoms with van der Waals surface area (Å²) in [5, 5.41) is 3.45. The van der Waals surface area contributed by atoms with Crippen molar-refractivity contribution in [2.24, 2.45) is 0 Å². The highest BCUT2D eigenvalue weighted by atomic mass is 32.1. The number of carbonyl (C=O) groups is 1. The maximum Gasteiger partial charge on any atom is 0.264 e. The van der Waals surface area contributed by atoms with E-state index in [1.165, 1.54) is 22.5 Å². The standard InChI is InChI=1S/C23H28N2O2S/c1-6-15(2)16-7-12-19-20(13-16)28-22(24-19)25-21(26)14-27-18-10-8-17(9-11-18)23(3,4)5/h7-13,15H,6,14H2,1-5H3,(H,24,25,26). The van der Waals surface area contributed by atoms with E-state index in [2.05, 4.69) is 57.1 Å². The van der Waals surface area contributed by atoms with Gasteiger partial charge in [-0.15, -0.1) is 0 Å². The highest BCUT2D eigenvalue weighted by Gasteiger charge is 2.14. The van der Waals surface area contributed by atoms with Crippen LogP contribution in [0.15, 0.2) is 42.5 Å². The van der Waals surface area contributed by atoms with Crippen LogP contribution < -0.4 is 10.1 Å². The summed E-state index contributed by atoms with van der Waals surface area (Å²) in [4.78, 5) is 16.7. The Hall–Kier alpha value is -2.40. The van der Waals surface area contributed by atoms with E-state index in [9.17, 15) is 4.79 Å². The molecule has 1 atom stereocenters. The summed E-state index contributed by atoms with van der Waals surface area (Å²) < 4.78 is 6.70. The second-order valence-corrected chi connectivity index (χ2v) is 9.20. The highest BCUT2D eigenvalue weighted by molar-refractivity contribution is 7.22. The van der Waals surface area contributed by atoms with Gasteiger partial charge in [-0.25, -0.2) is 4.98 Å². The summed E-state index contributed by atoms with van der Waals surface area (Å²) >= 11 is 1.50. The van der Waals surface area contributed by atoms with Crippen LogP contribution in [-0.2, 0) is 10.2 Å². The summed E-state index contributed by atoms with van der Waals surface area (Å²) in [7, 11) is 0. The van der Waals surface area contributed by atoms with Crippen molar-refractivity contribution in [3.05, 3.63) is 53.6 Å². The van der Waals surface area contributed by atoms with Gasteiger partial charge in [0, 0.05) is 0 Å². The SMILES string of the molecule is CCC(C)c1ccc2nc(NC(=O)COc3ccc(C(C)(C)C)cc3)sc2c1. The largest absolute Gasteiger partial charge is 0.484 e. The van der Waals surface area contributed by atoms with Crippen LogP contribution in [0.2, 0.25) is 0 Å². The van der Waals surface area contributed by atoms with Gasteiger partial charge < -0.3 is 4.74 Å². The molecule has 1 N–H and O–H groups in total. The quantitative estimate of drug-likeness (QED) is 0.546. The molecule has 0 aliphatic heterocycles. The van der Waals surface area contributed by atoms with Crippen molar-refractivity contribution in [1.29, 1.82) is 0 Å². The predicted octanol–water partition coefficient (Wildman–Crippen LogP) is 6.12. The summed E-state index contributed by atoms with van der Waals surface area (Å²) in [6.45, 7) is 10.9. The average molecular weight is 397 g/mol. The number of hydrogen-bond donors (Lipinski definition) is 1. The molecule has 0 saturated heterocycles. The Bertz CT molecular complexity index is 955. The van der Waals surface area contributed by atoms with Crippen molar-refractivity contribution in [3.8, 4) is 5.75 Å². The molecule has 0 aliphatic rings. The van der Waals surface area contributed by atoms with Crippen LogP contribution in [-0.4, -0.2) is 17.5 Å². The van der Waals surface area contributed by atoms with E-state index in [0.29, 0.717) is 16.8 Å². The Balaban J connectivity index is 1.60. The number of rotatable bonds is 6. The van der Waals surface area contributed by atoms with E-state index < -0.39 is 0 Å². The third-order valence-corrected chi connectivity index (χ3v) is 5.86. The van der Waals surface area contributed by atoms with Crippen LogP contribution in [0.1, 0.15) is 58.1 Å². The normalized spacial score (nSPS) is 12.8. The van der Waals surface area contributed by atoms with E-state index in [-0.39, 0.29) is 17.9 Å².